The Labute approximate surface area is 111 Å². The number of aliphatic hydroxyl groups is 1. The Hall–Kier alpha value is -0.120. The van der Waals surface area contributed by atoms with Gasteiger partial charge in [0, 0.05) is 18.6 Å². The minimum Gasteiger partial charge on any atom is -0.392 e. The van der Waals surface area contributed by atoms with Crippen molar-refractivity contribution in [2.75, 3.05) is 19.6 Å². The maximum absolute atomic E-state index is 10.1. The highest BCUT2D eigenvalue weighted by atomic mass is 16.3. The van der Waals surface area contributed by atoms with E-state index in [0.29, 0.717) is 6.04 Å². The maximum Gasteiger partial charge on any atom is 0.0693 e. The average molecular weight is 252 g/mol. The Bertz CT molecular complexity index is 267. The van der Waals surface area contributed by atoms with Gasteiger partial charge in [0.1, 0.15) is 0 Å². The molecule has 0 bridgehead atoms. The highest BCUT2D eigenvalue weighted by Crippen LogP contribution is 2.31. The van der Waals surface area contributed by atoms with Crippen LogP contribution >= 0.6 is 0 Å². The first-order chi connectivity index (χ1) is 8.83. The molecule has 0 radical (unpaired) electrons. The Morgan fingerprint density at radius 1 is 1.00 bits per heavy atom. The molecule has 1 saturated heterocycles. The Morgan fingerprint density at radius 3 is 2.67 bits per heavy atom. The summed E-state index contributed by atoms with van der Waals surface area (Å²) in [6, 6.07) is 1.29. The number of nitrogens with zero attached hydrogens (tertiary/aromatic N) is 1. The van der Waals surface area contributed by atoms with E-state index in [0.717, 1.165) is 24.9 Å². The molecule has 3 aliphatic rings. The molecule has 2 aliphatic carbocycles. The van der Waals surface area contributed by atoms with E-state index in [9.17, 15) is 5.11 Å². The largest absolute Gasteiger partial charge is 0.392 e. The van der Waals surface area contributed by atoms with Crippen molar-refractivity contribution in [3.05, 3.63) is 0 Å². The average Bonchev–Trinajstić information content (AvgIpc) is 3.15. The van der Waals surface area contributed by atoms with E-state index in [4.69, 9.17) is 0 Å². The van der Waals surface area contributed by atoms with E-state index in [-0.39, 0.29) is 6.10 Å². The second-order valence-corrected chi connectivity index (χ2v) is 6.60. The molecule has 3 atom stereocenters. The summed E-state index contributed by atoms with van der Waals surface area (Å²) >= 11 is 0. The molecule has 3 unspecified atom stereocenters. The number of hydrogen-bond acceptors (Lipinski definition) is 3. The molecule has 2 saturated carbocycles. The van der Waals surface area contributed by atoms with E-state index in [1.54, 1.807) is 0 Å². The molecule has 0 aromatic rings. The number of nitrogens with one attached hydrogen (secondary N) is 1. The van der Waals surface area contributed by atoms with Crippen LogP contribution in [0.15, 0.2) is 0 Å². The zero-order valence-electron chi connectivity index (χ0n) is 11.5. The van der Waals surface area contributed by atoms with E-state index >= 15 is 0 Å². The van der Waals surface area contributed by atoms with Crippen molar-refractivity contribution in [3.63, 3.8) is 0 Å². The predicted octanol–water partition coefficient (Wildman–Crippen LogP) is 1.75. The predicted molar refractivity (Wildman–Crippen MR) is 73.6 cm³/mol. The van der Waals surface area contributed by atoms with Gasteiger partial charge in [-0.3, -0.25) is 0 Å². The van der Waals surface area contributed by atoms with Gasteiger partial charge >= 0.3 is 0 Å². The Balaban J connectivity index is 1.40. The SMILES string of the molecule is OC1CCCCCC1NCC1CCN(C2CC2)C1. The first-order valence-electron chi connectivity index (χ1n) is 7.98. The minimum atomic E-state index is -0.103. The third kappa shape index (κ3) is 3.25. The highest BCUT2D eigenvalue weighted by molar-refractivity contribution is 4.90. The van der Waals surface area contributed by atoms with Gasteiger partial charge in [0.25, 0.3) is 0 Å². The standard InChI is InChI=1S/C15H28N2O/c18-15-5-3-1-2-4-14(15)16-10-12-8-9-17(11-12)13-6-7-13/h12-16,18H,1-11H2. The molecule has 3 heteroatoms. The number of likely N-dealkylation sites (tertiary alicyclic amines) is 1. The Kier molecular flexibility index (Phi) is 4.22. The molecule has 3 nitrogen and oxygen atoms in total. The molecule has 0 amide bonds. The summed E-state index contributed by atoms with van der Waals surface area (Å²) in [7, 11) is 0. The molecule has 1 heterocycles. The number of aliphatic hydroxyl groups excluding tert-OH is 1. The second kappa shape index (κ2) is 5.89. The zero-order chi connectivity index (χ0) is 12.4. The van der Waals surface area contributed by atoms with E-state index in [2.05, 4.69) is 10.2 Å². The summed E-state index contributed by atoms with van der Waals surface area (Å²) in [5.74, 6) is 0.820. The smallest absolute Gasteiger partial charge is 0.0693 e. The van der Waals surface area contributed by atoms with Crippen molar-refractivity contribution in [2.45, 2.75) is 69.6 Å². The van der Waals surface area contributed by atoms with Gasteiger partial charge in [-0.05, 0) is 51.1 Å². The summed E-state index contributed by atoms with van der Waals surface area (Å²) in [6.45, 7) is 3.72. The van der Waals surface area contributed by atoms with Crippen LogP contribution in [0.4, 0.5) is 0 Å². The normalized spacial score (nSPS) is 38.8. The van der Waals surface area contributed by atoms with Crippen LogP contribution < -0.4 is 5.32 Å². The first kappa shape index (κ1) is 12.9. The molecule has 2 N–H and O–H groups in total. The molecule has 0 aromatic carbocycles. The Morgan fingerprint density at radius 2 is 1.83 bits per heavy atom. The highest BCUT2D eigenvalue weighted by Gasteiger charge is 2.34. The van der Waals surface area contributed by atoms with Crippen molar-refractivity contribution in [2.24, 2.45) is 5.92 Å². The van der Waals surface area contributed by atoms with Crippen molar-refractivity contribution in [3.8, 4) is 0 Å². The van der Waals surface area contributed by atoms with Gasteiger partial charge in [-0.2, -0.15) is 0 Å². The summed E-state index contributed by atoms with van der Waals surface area (Å²) in [6.07, 6.45) is 10.1. The number of rotatable bonds is 4. The molecule has 18 heavy (non-hydrogen) atoms. The third-order valence-corrected chi connectivity index (χ3v) is 5.03. The molecule has 0 aromatic heterocycles. The van der Waals surface area contributed by atoms with Crippen molar-refractivity contribution >= 4 is 0 Å². The topological polar surface area (TPSA) is 35.5 Å². The van der Waals surface area contributed by atoms with Crippen LogP contribution in [-0.2, 0) is 0 Å². The van der Waals surface area contributed by atoms with Crippen molar-refractivity contribution in [1.82, 2.24) is 10.2 Å². The van der Waals surface area contributed by atoms with Gasteiger partial charge in [0.2, 0.25) is 0 Å². The molecule has 3 fully saturated rings. The lowest BCUT2D eigenvalue weighted by Gasteiger charge is -2.24. The van der Waals surface area contributed by atoms with E-state index in [1.165, 1.54) is 58.0 Å². The van der Waals surface area contributed by atoms with Crippen LogP contribution in [0, 0.1) is 5.92 Å². The fourth-order valence-electron chi connectivity index (χ4n) is 3.64. The lowest BCUT2D eigenvalue weighted by atomic mass is 10.0. The van der Waals surface area contributed by atoms with Crippen LogP contribution in [-0.4, -0.2) is 47.8 Å². The van der Waals surface area contributed by atoms with Crippen molar-refractivity contribution in [1.29, 1.82) is 0 Å². The van der Waals surface area contributed by atoms with Gasteiger partial charge in [-0.1, -0.05) is 19.3 Å². The van der Waals surface area contributed by atoms with Gasteiger partial charge in [-0.15, -0.1) is 0 Å². The van der Waals surface area contributed by atoms with E-state index in [1.807, 2.05) is 0 Å². The molecular formula is C15H28N2O. The quantitative estimate of drug-likeness (QED) is 0.748. The van der Waals surface area contributed by atoms with Gasteiger partial charge in [0.15, 0.2) is 0 Å². The van der Waals surface area contributed by atoms with Gasteiger partial charge in [-0.25, -0.2) is 0 Å². The molecule has 1 aliphatic heterocycles. The minimum absolute atomic E-state index is 0.103. The monoisotopic (exact) mass is 252 g/mol. The van der Waals surface area contributed by atoms with Crippen LogP contribution in [0.1, 0.15) is 51.4 Å². The van der Waals surface area contributed by atoms with Crippen LogP contribution in [0.5, 0.6) is 0 Å². The lowest BCUT2D eigenvalue weighted by molar-refractivity contribution is 0.117. The third-order valence-electron chi connectivity index (χ3n) is 5.03. The molecular weight excluding hydrogens is 224 g/mol. The van der Waals surface area contributed by atoms with E-state index < -0.39 is 0 Å². The summed E-state index contributed by atoms with van der Waals surface area (Å²) in [4.78, 5) is 2.68. The summed E-state index contributed by atoms with van der Waals surface area (Å²) in [5.41, 5.74) is 0. The number of hydrogen-bond donors (Lipinski definition) is 2. The first-order valence-corrected chi connectivity index (χ1v) is 7.98. The maximum atomic E-state index is 10.1. The van der Waals surface area contributed by atoms with Crippen LogP contribution in [0.25, 0.3) is 0 Å². The fraction of sp³-hybridized carbons (Fsp3) is 1.00. The summed E-state index contributed by atoms with van der Waals surface area (Å²) in [5, 5.41) is 13.8. The lowest BCUT2D eigenvalue weighted by Crippen LogP contribution is -2.41. The van der Waals surface area contributed by atoms with Crippen LogP contribution in [0.3, 0.4) is 0 Å². The molecule has 0 spiro atoms. The van der Waals surface area contributed by atoms with Crippen LogP contribution in [0.2, 0.25) is 0 Å². The van der Waals surface area contributed by atoms with Gasteiger partial charge < -0.3 is 15.3 Å². The van der Waals surface area contributed by atoms with Gasteiger partial charge in [0.05, 0.1) is 6.10 Å². The van der Waals surface area contributed by atoms with Crippen molar-refractivity contribution < 1.29 is 5.11 Å². The zero-order valence-corrected chi connectivity index (χ0v) is 11.5. The molecule has 3 rings (SSSR count). The molecule has 104 valence electrons. The fourth-order valence-corrected chi connectivity index (χ4v) is 3.64. The summed E-state index contributed by atoms with van der Waals surface area (Å²) < 4.78 is 0. The second-order valence-electron chi connectivity index (χ2n) is 6.60.